The zero-order valence-corrected chi connectivity index (χ0v) is 23.7. The number of fused-ring (bicyclic) bond motifs is 5. The molecule has 8 aromatic rings. The molecule has 0 amide bonds. The van der Waals surface area contributed by atoms with Crippen LogP contribution in [-0.2, 0) is 0 Å². The first-order chi connectivity index (χ1) is 21.8. The Balaban J connectivity index is 1.38. The lowest BCUT2D eigenvalue weighted by atomic mass is 10.0. The van der Waals surface area contributed by atoms with Crippen molar-refractivity contribution in [3.8, 4) is 39.9 Å². The van der Waals surface area contributed by atoms with E-state index in [2.05, 4.69) is 100 Å². The highest BCUT2D eigenvalue weighted by Gasteiger charge is 2.29. The van der Waals surface area contributed by atoms with Gasteiger partial charge in [0.05, 0.1) is 28.1 Å². The highest BCUT2D eigenvalue weighted by atomic mass is 15.2. The van der Waals surface area contributed by atoms with Crippen molar-refractivity contribution in [2.24, 2.45) is 0 Å². The molecule has 206 valence electrons. The fourth-order valence-electron chi connectivity index (χ4n) is 6.39. The number of para-hydroxylation sites is 4. The molecule has 6 aromatic carbocycles. The standard InChI is InChI=1S/C39H25N5/c1-4-14-26(15-5-1)37-40-38(27-16-6-2-7-17-27)42-39(41-37)28-24-31-30-20-10-11-21-32(30)44-34-23-13-12-22-33(34)43(35(25-28)36(31)44)29-18-8-3-9-19-29/h1-25H. The first-order valence-corrected chi connectivity index (χ1v) is 14.7. The van der Waals surface area contributed by atoms with Crippen LogP contribution in [0.2, 0.25) is 0 Å². The predicted molar refractivity (Wildman–Crippen MR) is 179 cm³/mol. The van der Waals surface area contributed by atoms with Gasteiger partial charge in [0.1, 0.15) is 0 Å². The minimum Gasteiger partial charge on any atom is -0.306 e. The summed E-state index contributed by atoms with van der Waals surface area (Å²) in [6.07, 6.45) is 0. The molecule has 44 heavy (non-hydrogen) atoms. The van der Waals surface area contributed by atoms with Crippen molar-refractivity contribution in [2.75, 3.05) is 4.90 Å². The van der Waals surface area contributed by atoms with Crippen LogP contribution in [-0.4, -0.2) is 19.5 Å². The van der Waals surface area contributed by atoms with Crippen LogP contribution in [0.25, 0.3) is 61.7 Å². The molecule has 5 nitrogen and oxygen atoms in total. The Morgan fingerprint density at radius 2 is 0.909 bits per heavy atom. The molecule has 0 unspecified atom stereocenters. The maximum absolute atomic E-state index is 5.08. The normalized spacial score (nSPS) is 12.0. The van der Waals surface area contributed by atoms with Crippen LogP contribution in [0.3, 0.4) is 0 Å². The molecule has 0 spiro atoms. The van der Waals surface area contributed by atoms with E-state index in [0.29, 0.717) is 17.5 Å². The van der Waals surface area contributed by atoms with Crippen LogP contribution in [0.4, 0.5) is 17.1 Å². The van der Waals surface area contributed by atoms with Crippen LogP contribution < -0.4 is 4.90 Å². The molecular formula is C39H25N5. The summed E-state index contributed by atoms with van der Waals surface area (Å²) in [6.45, 7) is 0. The number of nitrogens with zero attached hydrogens (tertiary/aromatic N) is 5. The van der Waals surface area contributed by atoms with Gasteiger partial charge in [-0.25, -0.2) is 15.0 Å². The van der Waals surface area contributed by atoms with Gasteiger partial charge in [-0.1, -0.05) is 109 Å². The highest BCUT2D eigenvalue weighted by molar-refractivity contribution is 6.17. The van der Waals surface area contributed by atoms with E-state index in [1.165, 1.54) is 10.9 Å². The van der Waals surface area contributed by atoms with E-state index in [-0.39, 0.29) is 0 Å². The van der Waals surface area contributed by atoms with Crippen molar-refractivity contribution in [1.82, 2.24) is 19.5 Å². The maximum Gasteiger partial charge on any atom is 0.164 e. The number of hydrogen-bond acceptors (Lipinski definition) is 4. The molecule has 1 aliphatic heterocycles. The van der Waals surface area contributed by atoms with Crippen LogP contribution in [0.1, 0.15) is 0 Å². The SMILES string of the molecule is c1ccc(-c2nc(-c3ccccc3)nc(-c3cc4c5c(c3)c3ccccc3n5-c3ccccc3N4c3ccccc3)n2)cc1. The molecule has 3 heterocycles. The van der Waals surface area contributed by atoms with Crippen LogP contribution >= 0.6 is 0 Å². The van der Waals surface area contributed by atoms with Gasteiger partial charge < -0.3 is 9.47 Å². The molecule has 0 bridgehead atoms. The lowest BCUT2D eigenvalue weighted by Crippen LogP contribution is -2.18. The van der Waals surface area contributed by atoms with E-state index in [9.17, 15) is 0 Å². The van der Waals surface area contributed by atoms with Gasteiger partial charge in [0.25, 0.3) is 0 Å². The Bertz CT molecular complexity index is 2270. The summed E-state index contributed by atoms with van der Waals surface area (Å²) >= 11 is 0. The summed E-state index contributed by atoms with van der Waals surface area (Å²) in [5.74, 6) is 1.94. The number of rotatable bonds is 4. The second kappa shape index (κ2) is 9.75. The highest BCUT2D eigenvalue weighted by Crippen LogP contribution is 2.50. The van der Waals surface area contributed by atoms with Gasteiger partial charge >= 0.3 is 0 Å². The molecule has 0 fully saturated rings. The summed E-state index contributed by atoms with van der Waals surface area (Å²) in [7, 11) is 0. The largest absolute Gasteiger partial charge is 0.306 e. The Morgan fingerprint density at radius 3 is 1.57 bits per heavy atom. The average Bonchev–Trinajstić information content (AvgIpc) is 3.44. The quantitative estimate of drug-likeness (QED) is 0.214. The molecule has 0 saturated heterocycles. The summed E-state index contributed by atoms with van der Waals surface area (Å²) < 4.78 is 2.40. The van der Waals surface area contributed by atoms with Gasteiger partial charge in [-0.3, -0.25) is 0 Å². The van der Waals surface area contributed by atoms with Crippen molar-refractivity contribution in [1.29, 1.82) is 0 Å². The molecule has 0 atom stereocenters. The lowest BCUT2D eigenvalue weighted by molar-refractivity contribution is 1.07. The number of aromatic nitrogens is 4. The molecule has 0 aliphatic carbocycles. The smallest absolute Gasteiger partial charge is 0.164 e. The van der Waals surface area contributed by atoms with Gasteiger partial charge in [0.15, 0.2) is 17.5 Å². The van der Waals surface area contributed by atoms with Gasteiger partial charge in [0, 0.05) is 33.2 Å². The summed E-state index contributed by atoms with van der Waals surface area (Å²) in [4.78, 5) is 17.4. The van der Waals surface area contributed by atoms with Crippen LogP contribution in [0.5, 0.6) is 0 Å². The fraction of sp³-hybridized carbons (Fsp3) is 0. The van der Waals surface area contributed by atoms with Crippen molar-refractivity contribution in [3.05, 3.63) is 152 Å². The van der Waals surface area contributed by atoms with Gasteiger partial charge in [-0.05, 0) is 42.5 Å². The third-order valence-electron chi connectivity index (χ3n) is 8.32. The van der Waals surface area contributed by atoms with Gasteiger partial charge in [0.2, 0.25) is 0 Å². The lowest BCUT2D eigenvalue weighted by Gasteiger charge is -2.33. The van der Waals surface area contributed by atoms with Crippen molar-refractivity contribution in [2.45, 2.75) is 0 Å². The Morgan fingerprint density at radius 1 is 0.386 bits per heavy atom. The molecule has 2 aromatic heterocycles. The zero-order chi connectivity index (χ0) is 29.0. The van der Waals surface area contributed by atoms with E-state index in [4.69, 9.17) is 15.0 Å². The van der Waals surface area contributed by atoms with Gasteiger partial charge in [-0.15, -0.1) is 0 Å². The maximum atomic E-state index is 5.08. The van der Waals surface area contributed by atoms with E-state index in [1.54, 1.807) is 0 Å². The average molecular weight is 564 g/mol. The molecule has 9 rings (SSSR count). The molecule has 0 N–H and O–H groups in total. The Labute approximate surface area is 254 Å². The van der Waals surface area contributed by atoms with E-state index >= 15 is 0 Å². The molecule has 0 radical (unpaired) electrons. The summed E-state index contributed by atoms with van der Waals surface area (Å²) in [6, 6.07) is 52.6. The molecule has 0 saturated carbocycles. The number of benzene rings is 6. The first-order valence-electron chi connectivity index (χ1n) is 14.7. The Kier molecular flexibility index (Phi) is 5.43. The minimum absolute atomic E-state index is 0.638. The van der Waals surface area contributed by atoms with E-state index in [1.807, 2.05) is 60.7 Å². The monoisotopic (exact) mass is 563 g/mol. The molecule has 1 aliphatic rings. The Hall–Kier alpha value is -6.07. The second-order valence-electron chi connectivity index (χ2n) is 10.9. The van der Waals surface area contributed by atoms with E-state index in [0.717, 1.165) is 50.3 Å². The fourth-order valence-corrected chi connectivity index (χ4v) is 6.39. The number of anilines is 3. The summed E-state index contributed by atoms with van der Waals surface area (Å²) in [5, 5.41) is 2.35. The molecular weight excluding hydrogens is 538 g/mol. The third kappa shape index (κ3) is 3.76. The predicted octanol–water partition coefficient (Wildman–Crippen LogP) is 9.75. The van der Waals surface area contributed by atoms with Crippen molar-refractivity contribution in [3.63, 3.8) is 0 Å². The van der Waals surface area contributed by atoms with Crippen molar-refractivity contribution >= 4 is 38.9 Å². The van der Waals surface area contributed by atoms with Crippen LogP contribution in [0, 0.1) is 0 Å². The third-order valence-corrected chi connectivity index (χ3v) is 8.32. The zero-order valence-electron chi connectivity index (χ0n) is 23.7. The number of hydrogen-bond donors (Lipinski definition) is 0. The minimum atomic E-state index is 0.638. The second-order valence-corrected chi connectivity index (χ2v) is 10.9. The topological polar surface area (TPSA) is 46.8 Å². The van der Waals surface area contributed by atoms with Gasteiger partial charge in [-0.2, -0.15) is 0 Å². The van der Waals surface area contributed by atoms with Crippen molar-refractivity contribution < 1.29 is 0 Å². The van der Waals surface area contributed by atoms with Crippen LogP contribution in [0.15, 0.2) is 152 Å². The first kappa shape index (κ1) is 24.5. The molecule has 5 heteroatoms. The summed E-state index contributed by atoms with van der Waals surface area (Å²) in [5.41, 5.74) is 9.64. The van der Waals surface area contributed by atoms with E-state index < -0.39 is 0 Å².